The van der Waals surface area contributed by atoms with Gasteiger partial charge >= 0.3 is 5.97 Å². The summed E-state index contributed by atoms with van der Waals surface area (Å²) in [5.74, 6) is -0.170. The molecule has 7 heteroatoms. The van der Waals surface area contributed by atoms with E-state index in [1.807, 2.05) is 6.07 Å². The SMILES string of the molecule is COC(=O)C[C@@H]1c2cc(OC)c(OC)cc2CCN1C(=O)c1cccc(F)c1. The highest BCUT2D eigenvalue weighted by molar-refractivity contribution is 5.95. The van der Waals surface area contributed by atoms with Crippen LogP contribution in [0.5, 0.6) is 11.5 Å². The van der Waals surface area contributed by atoms with Gasteiger partial charge in [-0.2, -0.15) is 0 Å². The predicted octanol–water partition coefficient (Wildman–Crippen LogP) is 3.15. The summed E-state index contributed by atoms with van der Waals surface area (Å²) in [7, 11) is 4.39. The van der Waals surface area contributed by atoms with Gasteiger partial charge in [-0.1, -0.05) is 6.07 Å². The zero-order valence-electron chi connectivity index (χ0n) is 16.0. The Morgan fingerprint density at radius 3 is 2.46 bits per heavy atom. The van der Waals surface area contributed by atoms with Gasteiger partial charge in [-0.15, -0.1) is 0 Å². The Bertz CT molecular complexity index is 898. The minimum Gasteiger partial charge on any atom is -0.493 e. The molecule has 0 bridgehead atoms. The highest BCUT2D eigenvalue weighted by Gasteiger charge is 2.34. The van der Waals surface area contributed by atoms with Gasteiger partial charge in [0.05, 0.1) is 33.8 Å². The maximum atomic E-state index is 13.6. The average Bonchev–Trinajstić information content (AvgIpc) is 2.72. The Kier molecular flexibility index (Phi) is 5.82. The van der Waals surface area contributed by atoms with Crippen LogP contribution < -0.4 is 9.47 Å². The first kappa shape index (κ1) is 19.7. The van der Waals surface area contributed by atoms with Gasteiger partial charge < -0.3 is 19.1 Å². The number of halogens is 1. The van der Waals surface area contributed by atoms with E-state index in [-0.39, 0.29) is 17.9 Å². The first-order valence-electron chi connectivity index (χ1n) is 8.86. The van der Waals surface area contributed by atoms with Crippen LogP contribution in [0.3, 0.4) is 0 Å². The Labute approximate surface area is 162 Å². The van der Waals surface area contributed by atoms with Crippen LogP contribution in [0.15, 0.2) is 36.4 Å². The number of benzene rings is 2. The fourth-order valence-electron chi connectivity index (χ4n) is 3.52. The second kappa shape index (κ2) is 8.29. The number of esters is 1. The monoisotopic (exact) mass is 387 g/mol. The maximum absolute atomic E-state index is 13.6. The molecule has 1 amide bonds. The van der Waals surface area contributed by atoms with Crippen LogP contribution in [-0.2, 0) is 16.0 Å². The molecule has 0 radical (unpaired) electrons. The van der Waals surface area contributed by atoms with Gasteiger partial charge in [0.2, 0.25) is 0 Å². The third kappa shape index (κ3) is 3.78. The summed E-state index contributed by atoms with van der Waals surface area (Å²) >= 11 is 0. The molecule has 2 aromatic rings. The van der Waals surface area contributed by atoms with Gasteiger partial charge in [0.15, 0.2) is 11.5 Å². The number of methoxy groups -OCH3 is 3. The zero-order chi connectivity index (χ0) is 20.3. The van der Waals surface area contributed by atoms with Crippen molar-refractivity contribution in [1.29, 1.82) is 0 Å². The molecule has 0 aliphatic carbocycles. The molecule has 0 saturated heterocycles. The van der Waals surface area contributed by atoms with Crippen molar-refractivity contribution in [3.63, 3.8) is 0 Å². The minimum atomic E-state index is -0.549. The smallest absolute Gasteiger partial charge is 0.307 e. The molecule has 0 aromatic heterocycles. The third-order valence-electron chi connectivity index (χ3n) is 4.92. The summed E-state index contributed by atoms with van der Waals surface area (Å²) in [6.45, 7) is 0.388. The topological polar surface area (TPSA) is 65.1 Å². The Morgan fingerprint density at radius 2 is 1.82 bits per heavy atom. The molecule has 6 nitrogen and oxygen atoms in total. The van der Waals surface area contributed by atoms with Crippen LogP contribution in [0.4, 0.5) is 4.39 Å². The number of fused-ring (bicyclic) bond motifs is 1. The first-order valence-corrected chi connectivity index (χ1v) is 8.86. The molecular weight excluding hydrogens is 365 g/mol. The van der Waals surface area contributed by atoms with Crippen molar-refractivity contribution in [2.24, 2.45) is 0 Å². The van der Waals surface area contributed by atoms with E-state index in [1.54, 1.807) is 24.1 Å². The highest BCUT2D eigenvalue weighted by Crippen LogP contribution is 2.40. The van der Waals surface area contributed by atoms with Crippen molar-refractivity contribution < 1.29 is 28.2 Å². The Morgan fingerprint density at radius 1 is 1.11 bits per heavy atom. The summed E-state index contributed by atoms with van der Waals surface area (Å²) in [6.07, 6.45) is 0.564. The number of carbonyl (C=O) groups excluding carboxylic acids is 2. The molecule has 28 heavy (non-hydrogen) atoms. The average molecular weight is 387 g/mol. The molecule has 148 valence electrons. The predicted molar refractivity (Wildman–Crippen MR) is 100 cm³/mol. The normalized spacial score (nSPS) is 15.6. The van der Waals surface area contributed by atoms with Gasteiger partial charge in [0.1, 0.15) is 5.82 Å². The fraction of sp³-hybridized carbons (Fsp3) is 0.333. The van der Waals surface area contributed by atoms with E-state index in [0.717, 1.165) is 11.1 Å². The van der Waals surface area contributed by atoms with Gasteiger partial charge in [-0.25, -0.2) is 4.39 Å². The van der Waals surface area contributed by atoms with E-state index in [0.29, 0.717) is 24.5 Å². The van der Waals surface area contributed by atoms with E-state index in [4.69, 9.17) is 14.2 Å². The van der Waals surface area contributed by atoms with E-state index in [2.05, 4.69) is 0 Å². The number of hydrogen-bond donors (Lipinski definition) is 0. The summed E-state index contributed by atoms with van der Waals surface area (Å²) in [5, 5.41) is 0. The van der Waals surface area contributed by atoms with E-state index in [1.165, 1.54) is 32.4 Å². The number of carbonyl (C=O) groups is 2. The fourth-order valence-corrected chi connectivity index (χ4v) is 3.52. The van der Waals surface area contributed by atoms with Crippen molar-refractivity contribution in [1.82, 2.24) is 4.90 Å². The second-order valence-corrected chi connectivity index (χ2v) is 6.46. The summed E-state index contributed by atoms with van der Waals surface area (Å²) in [4.78, 5) is 26.7. The van der Waals surface area contributed by atoms with Crippen molar-refractivity contribution in [3.05, 3.63) is 58.9 Å². The lowest BCUT2D eigenvalue weighted by Gasteiger charge is -2.37. The largest absolute Gasteiger partial charge is 0.493 e. The quantitative estimate of drug-likeness (QED) is 0.738. The molecule has 0 fully saturated rings. The van der Waals surface area contributed by atoms with Gasteiger partial charge in [0, 0.05) is 12.1 Å². The minimum absolute atomic E-state index is 0.0139. The molecule has 0 unspecified atom stereocenters. The lowest BCUT2D eigenvalue weighted by atomic mass is 9.89. The lowest BCUT2D eigenvalue weighted by molar-refractivity contribution is -0.141. The van der Waals surface area contributed by atoms with Crippen LogP contribution in [0, 0.1) is 5.82 Å². The van der Waals surface area contributed by atoms with Crippen molar-refractivity contribution in [3.8, 4) is 11.5 Å². The maximum Gasteiger partial charge on any atom is 0.307 e. The Hall–Kier alpha value is -3.09. The second-order valence-electron chi connectivity index (χ2n) is 6.46. The number of hydrogen-bond acceptors (Lipinski definition) is 5. The molecule has 1 heterocycles. The van der Waals surface area contributed by atoms with Gasteiger partial charge in [0.25, 0.3) is 5.91 Å². The number of amides is 1. The van der Waals surface area contributed by atoms with Crippen LogP contribution in [0.1, 0.15) is 33.9 Å². The van der Waals surface area contributed by atoms with E-state index in [9.17, 15) is 14.0 Å². The number of ether oxygens (including phenoxy) is 3. The van der Waals surface area contributed by atoms with Crippen molar-refractivity contribution in [2.75, 3.05) is 27.9 Å². The van der Waals surface area contributed by atoms with E-state index < -0.39 is 17.8 Å². The van der Waals surface area contributed by atoms with Crippen LogP contribution in [0.25, 0.3) is 0 Å². The standard InChI is InChI=1S/C21H22FNO5/c1-26-18-10-13-7-8-23(21(25)14-5-4-6-15(22)9-14)17(12-20(24)28-3)16(13)11-19(18)27-2/h4-6,9-11,17H,7-8,12H2,1-3H3/t17-/m1/s1. The van der Waals surface area contributed by atoms with Gasteiger partial charge in [-0.3, -0.25) is 9.59 Å². The van der Waals surface area contributed by atoms with Gasteiger partial charge in [-0.05, 0) is 47.9 Å². The molecule has 2 aromatic carbocycles. The molecule has 1 aliphatic heterocycles. The van der Waals surface area contributed by atoms with Crippen LogP contribution in [-0.4, -0.2) is 44.7 Å². The van der Waals surface area contributed by atoms with Crippen molar-refractivity contribution in [2.45, 2.75) is 18.9 Å². The summed E-state index contributed by atoms with van der Waals surface area (Å²) in [6, 6.07) is 8.63. The number of rotatable bonds is 5. The molecule has 0 saturated carbocycles. The lowest BCUT2D eigenvalue weighted by Crippen LogP contribution is -2.41. The Balaban J connectivity index is 2.04. The molecule has 0 spiro atoms. The zero-order valence-corrected chi connectivity index (χ0v) is 16.0. The number of nitrogens with zero attached hydrogens (tertiary/aromatic N) is 1. The summed E-state index contributed by atoms with van der Waals surface area (Å²) < 4.78 is 29.2. The summed E-state index contributed by atoms with van der Waals surface area (Å²) in [5.41, 5.74) is 1.99. The van der Waals surface area contributed by atoms with E-state index >= 15 is 0 Å². The highest BCUT2D eigenvalue weighted by atomic mass is 19.1. The molecule has 3 rings (SSSR count). The molecule has 0 N–H and O–H groups in total. The molecule has 1 aliphatic rings. The van der Waals surface area contributed by atoms with Crippen LogP contribution in [0.2, 0.25) is 0 Å². The molecule has 1 atom stereocenters. The molecular formula is C21H22FNO5. The van der Waals surface area contributed by atoms with Crippen LogP contribution >= 0.6 is 0 Å². The third-order valence-corrected chi connectivity index (χ3v) is 4.92. The first-order chi connectivity index (χ1) is 13.5. The van der Waals surface area contributed by atoms with Crippen molar-refractivity contribution >= 4 is 11.9 Å².